The summed E-state index contributed by atoms with van der Waals surface area (Å²) in [6, 6.07) is 0. The molecule has 1 nitrogen and oxygen atoms in total. The third-order valence-corrected chi connectivity index (χ3v) is 17.8. The zero-order valence-corrected chi connectivity index (χ0v) is 31.5. The minimum atomic E-state index is -1.66. The van der Waals surface area contributed by atoms with Gasteiger partial charge in [-0.1, -0.05) is 124 Å². The van der Waals surface area contributed by atoms with Gasteiger partial charge >= 0.3 is 0 Å². The Kier molecular flexibility index (Phi) is 14.3. The molecule has 11 radical (unpaired) electrons. The van der Waals surface area contributed by atoms with Crippen molar-refractivity contribution in [3.05, 3.63) is 64.6 Å². The molecule has 0 saturated heterocycles. The van der Waals surface area contributed by atoms with Gasteiger partial charge in [-0.3, -0.25) is 0 Å². The Morgan fingerprint density at radius 3 is 1.65 bits per heavy atom. The molecule has 3 fully saturated rings. The molecule has 0 aliphatic heterocycles. The van der Waals surface area contributed by atoms with Crippen molar-refractivity contribution in [1.29, 1.82) is 0 Å². The number of rotatable bonds is 6. The molecule has 0 bridgehead atoms. The first kappa shape index (κ1) is 36.9. The van der Waals surface area contributed by atoms with Gasteiger partial charge in [-0.2, -0.15) is 0 Å². The Labute approximate surface area is 267 Å². The van der Waals surface area contributed by atoms with Gasteiger partial charge in [0.2, 0.25) is 0 Å². The third kappa shape index (κ3) is 9.97. The molecular formula is C32H58LuNSi3-. The fourth-order valence-corrected chi connectivity index (χ4v) is 18.6. The molecule has 219 valence electrons. The van der Waals surface area contributed by atoms with Crippen LogP contribution in [0.1, 0.15) is 67.7 Å². The minimum Gasteiger partial charge on any atom is -0.668 e. The zero-order chi connectivity index (χ0) is 27.8. The Bertz CT molecular complexity index is 657. The molecule has 0 aromatic heterocycles. The van der Waals surface area contributed by atoms with Crippen LogP contribution in [0.4, 0.5) is 0 Å². The quantitative estimate of drug-likeness (QED) is 0.243. The predicted molar refractivity (Wildman–Crippen MR) is 171 cm³/mol. The van der Waals surface area contributed by atoms with Gasteiger partial charge in [-0.25, -0.2) is 0 Å². The number of hydrogen-bond donors (Lipinski definition) is 0. The third-order valence-electron chi connectivity index (χ3n) is 8.68. The van der Waals surface area contributed by atoms with E-state index >= 15 is 0 Å². The van der Waals surface area contributed by atoms with E-state index in [1.54, 1.807) is 28.8 Å². The summed E-state index contributed by atoms with van der Waals surface area (Å²) in [6.07, 6.45) is 11.8. The molecule has 0 amide bonds. The molecule has 0 spiro atoms. The van der Waals surface area contributed by atoms with Gasteiger partial charge < -0.3 is 4.65 Å². The second kappa shape index (κ2) is 14.3. The molecular weight excluding hydrogens is 658 g/mol. The molecule has 0 unspecified atom stereocenters. The summed E-state index contributed by atoms with van der Waals surface area (Å²) in [7, 11) is -3.88. The molecule has 3 saturated carbocycles. The van der Waals surface area contributed by atoms with Crippen LogP contribution in [0.15, 0.2) is 0 Å². The Balaban J connectivity index is 0.000000589. The summed E-state index contributed by atoms with van der Waals surface area (Å²) >= 11 is 0. The molecule has 0 N–H and O–H groups in total. The average molecular weight is 716 g/mol. The first-order valence-electron chi connectivity index (χ1n) is 14.5. The topological polar surface area (TPSA) is 14.1 Å². The monoisotopic (exact) mass is 715 g/mol. The summed E-state index contributed by atoms with van der Waals surface area (Å²) < 4.78 is 4.82. The van der Waals surface area contributed by atoms with Gasteiger partial charge in [0.05, 0.1) is 8.07 Å². The van der Waals surface area contributed by atoms with Crippen LogP contribution in [0.3, 0.4) is 0 Å². The predicted octanol–water partition coefficient (Wildman–Crippen LogP) is 10.3. The van der Waals surface area contributed by atoms with Gasteiger partial charge in [0.15, 0.2) is 0 Å². The zero-order valence-electron chi connectivity index (χ0n) is 26.9. The second-order valence-electron chi connectivity index (χ2n) is 14.8. The Morgan fingerprint density at radius 2 is 1.24 bits per heavy atom. The van der Waals surface area contributed by atoms with E-state index in [4.69, 9.17) is 4.65 Å². The van der Waals surface area contributed by atoms with Crippen LogP contribution in [0.2, 0.25) is 52.4 Å². The van der Waals surface area contributed by atoms with E-state index in [1.807, 2.05) is 0 Å². The van der Waals surface area contributed by atoms with Crippen LogP contribution < -0.4 is 0 Å². The summed E-state index contributed by atoms with van der Waals surface area (Å²) in [6.45, 7) is 35.5. The SMILES string of the molecule is C[C]1[C](C)[C](C)[C]([Si](C)(C)[C]2[CH][CH][C]([C@H]3C[C@H](C)CC[C@H]3C(C)C)[CH]2)[C]1C.C[Si](C)(C)[N-][Si](C)(C)C.[Lu]. The van der Waals surface area contributed by atoms with E-state index in [0.717, 1.165) is 23.7 Å². The summed E-state index contributed by atoms with van der Waals surface area (Å²) in [5.41, 5.74) is 3.32. The summed E-state index contributed by atoms with van der Waals surface area (Å²) in [5, 5.41) is 0. The Morgan fingerprint density at radius 1 is 0.757 bits per heavy atom. The van der Waals surface area contributed by atoms with E-state index in [1.165, 1.54) is 31.1 Å². The van der Waals surface area contributed by atoms with E-state index in [9.17, 15) is 0 Å². The van der Waals surface area contributed by atoms with Crippen molar-refractivity contribution in [2.24, 2.45) is 23.7 Å². The van der Waals surface area contributed by atoms with Gasteiger partial charge in [0, 0.05) is 36.9 Å². The van der Waals surface area contributed by atoms with Crippen LogP contribution >= 0.6 is 0 Å². The van der Waals surface area contributed by atoms with Crippen molar-refractivity contribution < 1.29 is 36.9 Å². The standard InChI is InChI=1S/C26H40Si.C6H18NSi2.Lu/c1-16(2)24-13-10-17(3)14-25(24)22-11-12-23(15-22)27(8,9)26-20(6)18(4)19(5)21(26)7;1-8(2,3)7-9(4,5)6;/h11-12,15-17,24-25H,10,13-14H2,1-9H3;1-6H3;/q;-1;/t17-,24+,25-;;/m1../s1. The maximum atomic E-state index is 4.82. The van der Waals surface area contributed by atoms with Gasteiger partial charge in [-0.15, -0.1) is 0 Å². The normalized spacial score (nSPS) is 29.0. The van der Waals surface area contributed by atoms with Crippen molar-refractivity contribution in [2.75, 3.05) is 0 Å². The maximum Gasteiger partial charge on any atom is 0.0626 e. The molecule has 0 aromatic carbocycles. The van der Waals surface area contributed by atoms with Crippen LogP contribution in [0, 0.1) is 120 Å². The molecule has 3 aliphatic rings. The summed E-state index contributed by atoms with van der Waals surface area (Å²) in [5.74, 6) is 11.0. The molecule has 37 heavy (non-hydrogen) atoms. The van der Waals surface area contributed by atoms with Crippen LogP contribution in [0.5, 0.6) is 0 Å². The van der Waals surface area contributed by atoms with Crippen molar-refractivity contribution in [2.45, 2.75) is 120 Å². The molecule has 0 aromatic rings. The number of hydrogen-bond acceptors (Lipinski definition) is 0. The fourth-order valence-electron chi connectivity index (χ4n) is 6.97. The van der Waals surface area contributed by atoms with Crippen molar-refractivity contribution >= 4 is 24.5 Å². The Hall–Kier alpha value is 1.84. The van der Waals surface area contributed by atoms with Crippen LogP contribution in [-0.4, -0.2) is 24.5 Å². The summed E-state index contributed by atoms with van der Waals surface area (Å²) in [4.78, 5) is 0. The van der Waals surface area contributed by atoms with Crippen LogP contribution in [0.25, 0.3) is 4.65 Å². The van der Waals surface area contributed by atoms with Crippen molar-refractivity contribution in [3.63, 3.8) is 0 Å². The molecule has 0 heterocycles. The molecule has 3 atom stereocenters. The first-order chi connectivity index (χ1) is 16.3. The molecule has 5 heteroatoms. The van der Waals surface area contributed by atoms with E-state index in [0.29, 0.717) is 0 Å². The van der Waals surface area contributed by atoms with Gasteiger partial charge in [-0.05, 0) is 96.4 Å². The average Bonchev–Trinajstić information content (AvgIpc) is 3.27. The molecule has 3 rings (SSSR count). The smallest absolute Gasteiger partial charge is 0.0626 e. The minimum absolute atomic E-state index is 0. The van der Waals surface area contributed by atoms with Crippen molar-refractivity contribution in [1.82, 2.24) is 0 Å². The maximum absolute atomic E-state index is 4.82. The second-order valence-corrected chi connectivity index (χ2v) is 28.7. The first-order valence-corrected chi connectivity index (χ1v) is 24.4. The number of nitrogens with zero attached hydrogens (tertiary/aromatic N) is 1. The van der Waals surface area contributed by atoms with Gasteiger partial charge in [0.1, 0.15) is 0 Å². The van der Waals surface area contributed by atoms with E-state index < -0.39 is 24.5 Å². The largest absolute Gasteiger partial charge is 0.668 e. The fraction of sp³-hybridized carbons (Fsp3) is 0.688. The van der Waals surface area contributed by atoms with Crippen LogP contribution in [-0.2, 0) is 0 Å². The van der Waals surface area contributed by atoms with Crippen molar-refractivity contribution in [3.8, 4) is 0 Å². The molecule has 3 aliphatic carbocycles. The van der Waals surface area contributed by atoms with E-state index in [-0.39, 0.29) is 36.9 Å². The van der Waals surface area contributed by atoms with E-state index in [2.05, 4.69) is 120 Å². The van der Waals surface area contributed by atoms with Gasteiger partial charge in [0.25, 0.3) is 0 Å².